The van der Waals surface area contributed by atoms with E-state index in [-0.39, 0.29) is 41.0 Å². The number of rotatable bonds is 8. The number of likely N-dealkylation sites (tertiary alicyclic amines) is 1. The number of amides is 3. The largest absolute Gasteiger partial charge is 0.355 e. The predicted octanol–water partition coefficient (Wildman–Crippen LogP) is 1.62. The van der Waals surface area contributed by atoms with E-state index in [1.54, 1.807) is 0 Å². The zero-order chi connectivity index (χ0) is 18.5. The quantitative estimate of drug-likeness (QED) is 0.720. The molecule has 2 aliphatic rings. The summed E-state index contributed by atoms with van der Waals surface area (Å²) in [6.45, 7) is 1.23. The SMILES string of the molecule is O=C(CSCC(=O)Nc1ccc(F)cc1)NCC1CC(=O)N(C2CC2)C1. The van der Waals surface area contributed by atoms with Crippen molar-refractivity contribution in [3.63, 3.8) is 0 Å². The van der Waals surface area contributed by atoms with E-state index in [4.69, 9.17) is 0 Å². The molecule has 1 atom stereocenters. The van der Waals surface area contributed by atoms with Crippen molar-refractivity contribution in [2.75, 3.05) is 29.9 Å². The zero-order valence-electron chi connectivity index (χ0n) is 14.4. The first kappa shape index (κ1) is 18.7. The number of hydrogen-bond acceptors (Lipinski definition) is 4. The maximum Gasteiger partial charge on any atom is 0.234 e. The molecule has 0 spiro atoms. The summed E-state index contributed by atoms with van der Waals surface area (Å²) in [4.78, 5) is 37.5. The van der Waals surface area contributed by atoms with Gasteiger partial charge < -0.3 is 15.5 Å². The van der Waals surface area contributed by atoms with Crippen LogP contribution in [-0.2, 0) is 14.4 Å². The monoisotopic (exact) mass is 379 g/mol. The molecule has 1 saturated carbocycles. The molecule has 3 rings (SSSR count). The number of anilines is 1. The van der Waals surface area contributed by atoms with Crippen LogP contribution < -0.4 is 10.6 Å². The second-order valence-electron chi connectivity index (χ2n) is 6.70. The number of nitrogens with one attached hydrogen (secondary N) is 2. The van der Waals surface area contributed by atoms with Crippen LogP contribution in [0.15, 0.2) is 24.3 Å². The molecule has 0 radical (unpaired) electrons. The summed E-state index contributed by atoms with van der Waals surface area (Å²) in [5, 5.41) is 5.49. The van der Waals surface area contributed by atoms with Gasteiger partial charge in [0.1, 0.15) is 5.82 Å². The lowest BCUT2D eigenvalue weighted by Gasteiger charge is -2.15. The lowest BCUT2D eigenvalue weighted by Crippen LogP contribution is -2.33. The van der Waals surface area contributed by atoms with Gasteiger partial charge in [0.25, 0.3) is 0 Å². The highest BCUT2D eigenvalue weighted by Crippen LogP contribution is 2.32. The van der Waals surface area contributed by atoms with Gasteiger partial charge in [-0.05, 0) is 37.1 Å². The van der Waals surface area contributed by atoms with E-state index in [9.17, 15) is 18.8 Å². The van der Waals surface area contributed by atoms with Gasteiger partial charge in [0.15, 0.2) is 0 Å². The van der Waals surface area contributed by atoms with Crippen LogP contribution in [0.2, 0.25) is 0 Å². The Morgan fingerprint density at radius 2 is 1.85 bits per heavy atom. The third-order valence-corrected chi connectivity index (χ3v) is 5.34. The van der Waals surface area contributed by atoms with Crippen molar-refractivity contribution in [1.82, 2.24) is 10.2 Å². The Labute approximate surface area is 155 Å². The minimum absolute atomic E-state index is 0.137. The van der Waals surface area contributed by atoms with E-state index in [0.717, 1.165) is 19.4 Å². The molecule has 6 nitrogen and oxygen atoms in total. The molecule has 8 heteroatoms. The summed E-state index contributed by atoms with van der Waals surface area (Å²) in [5.74, 6) is -0.0418. The third-order valence-electron chi connectivity index (χ3n) is 4.41. The molecule has 1 saturated heterocycles. The molecule has 0 aromatic heterocycles. The molecule has 1 unspecified atom stereocenters. The van der Waals surface area contributed by atoms with Crippen LogP contribution in [0.5, 0.6) is 0 Å². The summed E-state index contributed by atoms with van der Waals surface area (Å²) in [6.07, 6.45) is 2.70. The van der Waals surface area contributed by atoms with Gasteiger partial charge in [-0.1, -0.05) is 0 Å². The normalized spacial score (nSPS) is 19.5. The van der Waals surface area contributed by atoms with Crippen LogP contribution in [0.25, 0.3) is 0 Å². The summed E-state index contributed by atoms with van der Waals surface area (Å²) >= 11 is 1.21. The lowest BCUT2D eigenvalue weighted by molar-refractivity contribution is -0.128. The van der Waals surface area contributed by atoms with E-state index in [0.29, 0.717) is 24.7 Å². The van der Waals surface area contributed by atoms with E-state index < -0.39 is 0 Å². The Morgan fingerprint density at radius 1 is 1.15 bits per heavy atom. The number of benzene rings is 1. The van der Waals surface area contributed by atoms with E-state index in [1.807, 2.05) is 4.90 Å². The predicted molar refractivity (Wildman–Crippen MR) is 98.2 cm³/mol. The fourth-order valence-corrected chi connectivity index (χ4v) is 3.61. The number of nitrogens with zero attached hydrogens (tertiary/aromatic N) is 1. The van der Waals surface area contributed by atoms with Crippen molar-refractivity contribution in [2.24, 2.45) is 5.92 Å². The molecule has 1 aromatic carbocycles. The smallest absolute Gasteiger partial charge is 0.234 e. The fraction of sp³-hybridized carbons (Fsp3) is 0.500. The minimum Gasteiger partial charge on any atom is -0.355 e. The van der Waals surface area contributed by atoms with Crippen LogP contribution >= 0.6 is 11.8 Å². The third kappa shape index (κ3) is 5.45. The highest BCUT2D eigenvalue weighted by Gasteiger charge is 2.39. The van der Waals surface area contributed by atoms with Crippen molar-refractivity contribution >= 4 is 35.2 Å². The number of carbonyl (C=O) groups is 3. The van der Waals surface area contributed by atoms with Crippen LogP contribution in [0.3, 0.4) is 0 Å². The number of halogens is 1. The van der Waals surface area contributed by atoms with Crippen molar-refractivity contribution in [2.45, 2.75) is 25.3 Å². The van der Waals surface area contributed by atoms with Gasteiger partial charge in [-0.3, -0.25) is 14.4 Å². The summed E-state index contributed by atoms with van der Waals surface area (Å²) < 4.78 is 12.8. The Hall–Kier alpha value is -2.09. The average Bonchev–Trinajstić information content (AvgIpc) is 3.38. The van der Waals surface area contributed by atoms with Crippen LogP contribution in [-0.4, -0.2) is 53.3 Å². The maximum atomic E-state index is 12.8. The standard InChI is InChI=1S/C18H22FN3O3S/c19-13-1-3-14(4-2-13)21-17(24)11-26-10-16(23)20-8-12-7-18(25)22(9-12)15-5-6-15/h1-4,12,15H,5-11H2,(H,20,23)(H,21,24). The van der Waals surface area contributed by atoms with Crippen molar-refractivity contribution in [3.05, 3.63) is 30.1 Å². The lowest BCUT2D eigenvalue weighted by atomic mass is 10.1. The molecule has 1 aliphatic carbocycles. The first-order valence-electron chi connectivity index (χ1n) is 8.70. The Bertz CT molecular complexity index is 679. The molecule has 1 aromatic rings. The van der Waals surface area contributed by atoms with Crippen LogP contribution in [0, 0.1) is 11.7 Å². The summed E-state index contributed by atoms with van der Waals surface area (Å²) in [7, 11) is 0. The Kier molecular flexibility index (Phi) is 6.13. The van der Waals surface area contributed by atoms with Crippen LogP contribution in [0.4, 0.5) is 10.1 Å². The van der Waals surface area contributed by atoms with Crippen molar-refractivity contribution in [1.29, 1.82) is 0 Å². The molecule has 1 aliphatic heterocycles. The van der Waals surface area contributed by atoms with Gasteiger partial charge in [0.05, 0.1) is 11.5 Å². The molecular formula is C18H22FN3O3S. The van der Waals surface area contributed by atoms with E-state index in [2.05, 4.69) is 10.6 Å². The van der Waals surface area contributed by atoms with Gasteiger partial charge in [-0.15, -0.1) is 11.8 Å². The second kappa shape index (κ2) is 8.53. The van der Waals surface area contributed by atoms with Gasteiger partial charge in [0.2, 0.25) is 17.7 Å². The number of thioether (sulfide) groups is 1. The topological polar surface area (TPSA) is 78.5 Å². The van der Waals surface area contributed by atoms with Crippen LogP contribution in [0.1, 0.15) is 19.3 Å². The fourth-order valence-electron chi connectivity index (χ4n) is 2.96. The molecule has 1 heterocycles. The second-order valence-corrected chi connectivity index (χ2v) is 7.68. The molecular weight excluding hydrogens is 357 g/mol. The molecule has 140 valence electrons. The number of carbonyl (C=O) groups excluding carboxylic acids is 3. The molecule has 2 fully saturated rings. The van der Waals surface area contributed by atoms with Gasteiger partial charge in [0, 0.05) is 37.2 Å². The molecule has 26 heavy (non-hydrogen) atoms. The number of hydrogen-bond donors (Lipinski definition) is 2. The van der Waals surface area contributed by atoms with Crippen molar-refractivity contribution < 1.29 is 18.8 Å². The highest BCUT2D eigenvalue weighted by atomic mass is 32.2. The minimum atomic E-state index is -0.363. The molecule has 2 N–H and O–H groups in total. The van der Waals surface area contributed by atoms with Crippen molar-refractivity contribution in [3.8, 4) is 0 Å². The summed E-state index contributed by atoms with van der Waals surface area (Å²) in [5.41, 5.74) is 0.521. The Morgan fingerprint density at radius 3 is 2.54 bits per heavy atom. The summed E-state index contributed by atoms with van der Waals surface area (Å²) in [6, 6.07) is 5.94. The first-order chi connectivity index (χ1) is 12.5. The van der Waals surface area contributed by atoms with E-state index in [1.165, 1.54) is 36.0 Å². The maximum absolute atomic E-state index is 12.8. The average molecular weight is 379 g/mol. The van der Waals surface area contributed by atoms with Gasteiger partial charge in [-0.2, -0.15) is 0 Å². The van der Waals surface area contributed by atoms with Gasteiger partial charge >= 0.3 is 0 Å². The Balaban J connectivity index is 1.28. The first-order valence-corrected chi connectivity index (χ1v) is 9.86. The molecule has 3 amide bonds. The van der Waals surface area contributed by atoms with E-state index >= 15 is 0 Å². The highest BCUT2D eigenvalue weighted by molar-refractivity contribution is 8.00. The zero-order valence-corrected chi connectivity index (χ0v) is 15.2. The molecule has 0 bridgehead atoms. The van der Waals surface area contributed by atoms with Gasteiger partial charge in [-0.25, -0.2) is 4.39 Å².